The molecule has 0 aliphatic carbocycles. The molecule has 1 amide bonds. The highest BCUT2D eigenvalue weighted by Gasteiger charge is 2.15. The molecule has 0 saturated heterocycles. The number of halogens is 1. The molecule has 0 aliphatic heterocycles. The lowest BCUT2D eigenvalue weighted by atomic mass is 10.3. The summed E-state index contributed by atoms with van der Waals surface area (Å²) in [6.45, 7) is 0.474. The number of nitrogen functional groups attached to an aromatic ring is 1. The van der Waals surface area contributed by atoms with Crippen molar-refractivity contribution in [3.8, 4) is 0 Å². The molecule has 0 fully saturated rings. The monoisotopic (exact) mass is 272 g/mol. The third-order valence-corrected chi connectivity index (χ3v) is 3.31. The summed E-state index contributed by atoms with van der Waals surface area (Å²) < 4.78 is 5.07. The Morgan fingerprint density at radius 2 is 2.35 bits per heavy atom. The maximum atomic E-state index is 11.5. The molecule has 0 bridgehead atoms. The second-order valence-corrected chi connectivity index (χ2v) is 5.01. The lowest BCUT2D eigenvalue weighted by Gasteiger charge is -2.00. The maximum absolute atomic E-state index is 11.5. The van der Waals surface area contributed by atoms with Gasteiger partial charge in [-0.3, -0.25) is 4.79 Å². The molecule has 90 valence electrons. The molecule has 8 heteroatoms. The van der Waals surface area contributed by atoms with Gasteiger partial charge in [0.1, 0.15) is 0 Å². The van der Waals surface area contributed by atoms with E-state index in [1.165, 1.54) is 11.3 Å². The van der Waals surface area contributed by atoms with Crippen LogP contribution in [-0.4, -0.2) is 22.8 Å². The van der Waals surface area contributed by atoms with Gasteiger partial charge in [-0.25, -0.2) is 4.63 Å². The summed E-state index contributed by atoms with van der Waals surface area (Å²) in [5, 5.41) is 9.39. The van der Waals surface area contributed by atoms with E-state index >= 15 is 0 Å². The molecule has 3 N–H and O–H groups in total. The van der Waals surface area contributed by atoms with E-state index in [9.17, 15) is 4.79 Å². The van der Waals surface area contributed by atoms with Crippen LogP contribution in [0.4, 0.5) is 5.82 Å². The number of nitrogens with two attached hydrogens (primary N) is 1. The molecule has 0 unspecified atom stereocenters. The van der Waals surface area contributed by atoms with Gasteiger partial charge in [0.25, 0.3) is 5.91 Å². The molecule has 6 nitrogen and oxygen atoms in total. The highest BCUT2D eigenvalue weighted by Crippen LogP contribution is 2.21. The zero-order valence-corrected chi connectivity index (χ0v) is 10.2. The molecule has 2 heterocycles. The fourth-order valence-corrected chi connectivity index (χ4v) is 2.31. The Balaban J connectivity index is 1.83. The molecular weight excluding hydrogens is 264 g/mol. The first kappa shape index (κ1) is 11.9. The first-order valence-electron chi connectivity index (χ1n) is 4.77. The van der Waals surface area contributed by atoms with Gasteiger partial charge >= 0.3 is 0 Å². The summed E-state index contributed by atoms with van der Waals surface area (Å²) in [5.41, 5.74) is 5.39. The SMILES string of the molecule is Nc1nonc1C(=O)NCCc1ccc(Cl)s1. The average molecular weight is 273 g/mol. The molecule has 2 aromatic heterocycles. The Bertz CT molecular complexity index is 525. The third-order valence-electron chi connectivity index (χ3n) is 2.01. The largest absolute Gasteiger partial charge is 0.379 e. The van der Waals surface area contributed by atoms with E-state index in [4.69, 9.17) is 17.3 Å². The Kier molecular flexibility index (Phi) is 3.60. The predicted octanol–water partition coefficient (Wildman–Crippen LogP) is 1.34. The predicted molar refractivity (Wildman–Crippen MR) is 64.1 cm³/mol. The number of carbonyl (C=O) groups excluding carboxylic acids is 1. The van der Waals surface area contributed by atoms with Gasteiger partial charge in [-0.05, 0) is 28.9 Å². The van der Waals surface area contributed by atoms with E-state index in [2.05, 4.69) is 20.3 Å². The van der Waals surface area contributed by atoms with Gasteiger partial charge in [0, 0.05) is 11.4 Å². The van der Waals surface area contributed by atoms with Crippen LogP contribution in [0.25, 0.3) is 0 Å². The lowest BCUT2D eigenvalue weighted by Crippen LogP contribution is -2.26. The van der Waals surface area contributed by atoms with Crippen molar-refractivity contribution in [3.05, 3.63) is 27.0 Å². The fourth-order valence-electron chi connectivity index (χ4n) is 1.22. The normalized spacial score (nSPS) is 10.4. The summed E-state index contributed by atoms with van der Waals surface area (Å²) in [4.78, 5) is 12.6. The van der Waals surface area contributed by atoms with Gasteiger partial charge in [0.2, 0.25) is 11.5 Å². The van der Waals surface area contributed by atoms with Crippen molar-refractivity contribution >= 4 is 34.7 Å². The van der Waals surface area contributed by atoms with Crippen molar-refractivity contribution in [2.75, 3.05) is 12.3 Å². The van der Waals surface area contributed by atoms with Crippen molar-refractivity contribution in [1.82, 2.24) is 15.6 Å². The summed E-state index contributed by atoms with van der Waals surface area (Å²) >= 11 is 7.27. The van der Waals surface area contributed by atoms with Crippen LogP contribution in [0.5, 0.6) is 0 Å². The molecule has 2 aromatic rings. The zero-order valence-electron chi connectivity index (χ0n) is 8.64. The molecule has 0 spiro atoms. The number of amides is 1. The van der Waals surface area contributed by atoms with Gasteiger partial charge in [0.05, 0.1) is 4.34 Å². The number of carbonyl (C=O) groups is 1. The van der Waals surface area contributed by atoms with Gasteiger partial charge < -0.3 is 11.1 Å². The van der Waals surface area contributed by atoms with Crippen molar-refractivity contribution in [3.63, 3.8) is 0 Å². The molecule has 2 rings (SSSR count). The Morgan fingerprint density at radius 3 is 2.94 bits per heavy atom. The first-order valence-corrected chi connectivity index (χ1v) is 5.96. The number of nitrogens with one attached hydrogen (secondary N) is 1. The summed E-state index contributed by atoms with van der Waals surface area (Å²) in [7, 11) is 0. The topological polar surface area (TPSA) is 94.0 Å². The second-order valence-electron chi connectivity index (χ2n) is 3.21. The van der Waals surface area contributed by atoms with Crippen LogP contribution in [-0.2, 0) is 6.42 Å². The van der Waals surface area contributed by atoms with Crippen molar-refractivity contribution in [1.29, 1.82) is 0 Å². The Hall–Kier alpha value is -1.60. The van der Waals surface area contributed by atoms with Gasteiger partial charge in [-0.2, -0.15) is 0 Å². The number of anilines is 1. The summed E-state index contributed by atoms with van der Waals surface area (Å²) in [5.74, 6) is -0.409. The van der Waals surface area contributed by atoms with Crippen LogP contribution in [0, 0.1) is 0 Å². The maximum Gasteiger partial charge on any atom is 0.277 e. The summed E-state index contributed by atoms with van der Waals surface area (Å²) in [6, 6.07) is 3.74. The van der Waals surface area contributed by atoms with Gasteiger partial charge in [0.15, 0.2) is 0 Å². The van der Waals surface area contributed by atoms with E-state index in [1.54, 1.807) is 0 Å². The van der Waals surface area contributed by atoms with Crippen LogP contribution in [0.1, 0.15) is 15.4 Å². The van der Waals surface area contributed by atoms with E-state index in [-0.39, 0.29) is 11.5 Å². The Morgan fingerprint density at radius 1 is 1.53 bits per heavy atom. The third kappa shape index (κ3) is 2.95. The number of hydrogen-bond acceptors (Lipinski definition) is 6. The van der Waals surface area contributed by atoms with Gasteiger partial charge in [-0.1, -0.05) is 11.6 Å². The molecule has 0 aromatic carbocycles. The molecular formula is C9H9ClN4O2S. The lowest BCUT2D eigenvalue weighted by molar-refractivity contribution is 0.0945. The number of thiophene rings is 1. The van der Waals surface area contributed by atoms with E-state index < -0.39 is 5.91 Å². The average Bonchev–Trinajstić information content (AvgIpc) is 2.87. The molecule has 0 atom stereocenters. The van der Waals surface area contributed by atoms with E-state index in [0.29, 0.717) is 13.0 Å². The molecule has 0 radical (unpaired) electrons. The van der Waals surface area contributed by atoms with E-state index in [1.807, 2.05) is 12.1 Å². The standard InChI is InChI=1S/C9H9ClN4O2S/c10-6-2-1-5(17-6)3-4-12-9(15)7-8(11)14-16-13-7/h1-2H,3-4H2,(H2,11,14)(H,12,15). The minimum Gasteiger partial charge on any atom is -0.379 e. The smallest absolute Gasteiger partial charge is 0.277 e. The van der Waals surface area contributed by atoms with Crippen LogP contribution >= 0.6 is 22.9 Å². The molecule has 0 aliphatic rings. The van der Waals surface area contributed by atoms with Gasteiger partial charge in [-0.15, -0.1) is 11.3 Å². The number of nitrogens with zero attached hydrogens (tertiary/aromatic N) is 2. The quantitative estimate of drug-likeness (QED) is 0.876. The van der Waals surface area contributed by atoms with Crippen LogP contribution in [0.15, 0.2) is 16.8 Å². The highest BCUT2D eigenvalue weighted by atomic mass is 35.5. The van der Waals surface area contributed by atoms with Crippen molar-refractivity contribution < 1.29 is 9.42 Å². The molecule has 0 saturated carbocycles. The number of hydrogen-bond donors (Lipinski definition) is 2. The van der Waals surface area contributed by atoms with E-state index in [0.717, 1.165) is 9.21 Å². The van der Waals surface area contributed by atoms with Crippen LogP contribution in [0.3, 0.4) is 0 Å². The number of rotatable bonds is 4. The van der Waals surface area contributed by atoms with Crippen molar-refractivity contribution in [2.24, 2.45) is 0 Å². The number of aromatic nitrogens is 2. The van der Waals surface area contributed by atoms with Crippen LogP contribution < -0.4 is 11.1 Å². The summed E-state index contributed by atoms with van der Waals surface area (Å²) in [6.07, 6.45) is 0.703. The highest BCUT2D eigenvalue weighted by molar-refractivity contribution is 7.16. The van der Waals surface area contributed by atoms with Crippen molar-refractivity contribution in [2.45, 2.75) is 6.42 Å². The minimum atomic E-state index is -0.397. The zero-order chi connectivity index (χ0) is 12.3. The Labute approximate surface area is 106 Å². The fraction of sp³-hybridized carbons (Fsp3) is 0.222. The van der Waals surface area contributed by atoms with Crippen LogP contribution in [0.2, 0.25) is 4.34 Å². The second kappa shape index (κ2) is 5.15. The molecule has 17 heavy (non-hydrogen) atoms. The minimum absolute atomic E-state index is 0.00853. The first-order chi connectivity index (χ1) is 8.16.